The van der Waals surface area contributed by atoms with Crippen molar-refractivity contribution in [2.75, 3.05) is 37.4 Å². The molecule has 6 nitrogen and oxygen atoms in total. The highest BCUT2D eigenvalue weighted by Crippen LogP contribution is 2.40. The smallest absolute Gasteiger partial charge is 0.177 e. The molecule has 2 aliphatic heterocycles. The lowest BCUT2D eigenvalue weighted by Crippen LogP contribution is -2.12. The number of hydrogen-bond donors (Lipinski definition) is 3. The van der Waals surface area contributed by atoms with Crippen molar-refractivity contribution in [1.82, 2.24) is 15.3 Å². The summed E-state index contributed by atoms with van der Waals surface area (Å²) in [6.45, 7) is 3.64. The van der Waals surface area contributed by atoms with E-state index in [4.69, 9.17) is 4.74 Å². The minimum Gasteiger partial charge on any atom is -0.491 e. The highest BCUT2D eigenvalue weighted by atomic mass is 19.1. The number of anilines is 3. The molecule has 0 aromatic carbocycles. The number of hydrogen-bond acceptors (Lipinski definition) is 6. The Morgan fingerprint density at radius 1 is 1.18 bits per heavy atom. The monoisotopic (exact) mass is 387 g/mol. The van der Waals surface area contributed by atoms with Gasteiger partial charge in [-0.3, -0.25) is 0 Å². The van der Waals surface area contributed by atoms with Crippen molar-refractivity contribution in [1.29, 1.82) is 0 Å². The standard InChI is InChI=1S/C20H23F2N5O/c1-11-17(21)14(23-2)10-15(25-11)27-20-18(22)16(12-4-3-7-24-8-5-12)19-13(26-20)6-9-28-19/h5,10,24H,3-4,6-9H2,1-2H3,(H2,23,25,26,27). The van der Waals surface area contributed by atoms with Crippen molar-refractivity contribution in [3.05, 3.63) is 40.7 Å². The number of nitrogens with one attached hydrogen (secondary N) is 3. The summed E-state index contributed by atoms with van der Waals surface area (Å²) in [7, 11) is 1.62. The quantitative estimate of drug-likeness (QED) is 0.745. The van der Waals surface area contributed by atoms with Gasteiger partial charge in [-0.2, -0.15) is 0 Å². The summed E-state index contributed by atoms with van der Waals surface area (Å²) < 4.78 is 35.3. The maximum atomic E-state index is 15.5. The van der Waals surface area contributed by atoms with E-state index in [9.17, 15) is 4.39 Å². The fourth-order valence-corrected chi connectivity index (χ4v) is 3.60. The van der Waals surface area contributed by atoms with Crippen LogP contribution in [0.25, 0.3) is 5.57 Å². The Balaban J connectivity index is 1.78. The zero-order chi connectivity index (χ0) is 19.7. The molecule has 0 spiro atoms. The molecule has 0 atom stereocenters. The first-order chi connectivity index (χ1) is 13.6. The van der Waals surface area contributed by atoms with Crippen LogP contribution in [0.1, 0.15) is 29.8 Å². The Morgan fingerprint density at radius 3 is 2.86 bits per heavy atom. The van der Waals surface area contributed by atoms with Gasteiger partial charge in [0.15, 0.2) is 23.2 Å². The third-order valence-corrected chi connectivity index (χ3v) is 5.00. The highest BCUT2D eigenvalue weighted by Gasteiger charge is 2.27. The molecular formula is C20H23F2N5O. The molecule has 8 heteroatoms. The Kier molecular flexibility index (Phi) is 5.13. The molecule has 148 valence electrons. The Labute approximate surface area is 162 Å². The molecule has 0 saturated carbocycles. The van der Waals surface area contributed by atoms with Crippen molar-refractivity contribution in [2.45, 2.75) is 26.2 Å². The van der Waals surface area contributed by atoms with Crippen LogP contribution in [0.4, 0.5) is 26.1 Å². The number of allylic oxidation sites excluding steroid dienone is 1. The number of fused-ring (bicyclic) bond motifs is 1. The van der Waals surface area contributed by atoms with E-state index < -0.39 is 11.6 Å². The van der Waals surface area contributed by atoms with Gasteiger partial charge in [-0.25, -0.2) is 18.7 Å². The normalized spacial score (nSPS) is 16.1. The van der Waals surface area contributed by atoms with E-state index >= 15 is 4.39 Å². The van der Waals surface area contributed by atoms with Gasteiger partial charge >= 0.3 is 0 Å². The van der Waals surface area contributed by atoms with E-state index in [1.807, 2.05) is 6.08 Å². The SMILES string of the molecule is CNc1cc(Nc2nc3c(c(C4=CCNCCC4)c2F)OCC3)nc(C)c1F. The van der Waals surface area contributed by atoms with Gasteiger partial charge in [0.25, 0.3) is 0 Å². The predicted molar refractivity (Wildman–Crippen MR) is 105 cm³/mol. The lowest BCUT2D eigenvalue weighted by molar-refractivity contribution is 0.354. The molecule has 0 aliphatic carbocycles. The van der Waals surface area contributed by atoms with Crippen LogP contribution in [0.15, 0.2) is 12.1 Å². The van der Waals surface area contributed by atoms with Crippen molar-refractivity contribution in [2.24, 2.45) is 0 Å². The number of rotatable bonds is 4. The number of ether oxygens (including phenoxy) is 1. The first-order valence-corrected chi connectivity index (χ1v) is 9.45. The van der Waals surface area contributed by atoms with Gasteiger partial charge < -0.3 is 20.7 Å². The van der Waals surface area contributed by atoms with Crippen molar-refractivity contribution < 1.29 is 13.5 Å². The first kappa shape index (κ1) is 18.6. The number of nitrogens with zero attached hydrogens (tertiary/aromatic N) is 2. The molecule has 0 bridgehead atoms. The number of pyridine rings is 2. The lowest BCUT2D eigenvalue weighted by atomic mass is 9.99. The van der Waals surface area contributed by atoms with Gasteiger partial charge in [-0.15, -0.1) is 0 Å². The number of halogens is 2. The minimum absolute atomic E-state index is 0.0814. The fraction of sp³-hybridized carbons (Fsp3) is 0.400. The summed E-state index contributed by atoms with van der Waals surface area (Å²) in [5.74, 6) is 0.0495. The molecule has 3 N–H and O–H groups in total. The van der Waals surface area contributed by atoms with Gasteiger partial charge in [-0.1, -0.05) is 6.08 Å². The summed E-state index contributed by atoms with van der Waals surface area (Å²) in [6.07, 6.45) is 4.33. The van der Waals surface area contributed by atoms with Crippen LogP contribution in [-0.4, -0.2) is 36.7 Å². The Morgan fingerprint density at radius 2 is 2.04 bits per heavy atom. The third kappa shape index (κ3) is 3.40. The Hall–Kier alpha value is -2.74. The predicted octanol–water partition coefficient (Wildman–Crippen LogP) is 3.55. The van der Waals surface area contributed by atoms with Crippen molar-refractivity contribution >= 4 is 22.9 Å². The maximum Gasteiger partial charge on any atom is 0.177 e. The molecule has 28 heavy (non-hydrogen) atoms. The number of aromatic nitrogens is 2. The van der Waals surface area contributed by atoms with Gasteiger partial charge in [-0.05, 0) is 31.9 Å². The Bertz CT molecular complexity index is 945. The first-order valence-electron chi connectivity index (χ1n) is 9.45. The molecule has 4 heterocycles. The van der Waals surface area contributed by atoms with Crippen LogP contribution in [0.3, 0.4) is 0 Å². The van der Waals surface area contributed by atoms with Crippen LogP contribution in [0.5, 0.6) is 5.75 Å². The summed E-state index contributed by atoms with van der Waals surface area (Å²) in [6, 6.07) is 1.50. The number of aryl methyl sites for hydroxylation is 1. The van der Waals surface area contributed by atoms with E-state index in [0.29, 0.717) is 36.7 Å². The summed E-state index contributed by atoms with van der Waals surface area (Å²) in [4.78, 5) is 8.61. The molecule has 0 amide bonds. The molecule has 4 rings (SSSR count). The molecular weight excluding hydrogens is 364 g/mol. The topological polar surface area (TPSA) is 71.1 Å². The van der Waals surface area contributed by atoms with Crippen LogP contribution in [0.2, 0.25) is 0 Å². The van der Waals surface area contributed by atoms with Crippen LogP contribution in [-0.2, 0) is 6.42 Å². The largest absolute Gasteiger partial charge is 0.491 e. The van der Waals surface area contributed by atoms with Crippen molar-refractivity contribution in [3.8, 4) is 5.75 Å². The third-order valence-electron chi connectivity index (χ3n) is 5.00. The molecule has 0 radical (unpaired) electrons. The van der Waals surface area contributed by atoms with E-state index in [0.717, 1.165) is 30.7 Å². The molecule has 2 aromatic heterocycles. The lowest BCUT2D eigenvalue weighted by Gasteiger charge is -2.16. The van der Waals surface area contributed by atoms with Gasteiger partial charge in [0.2, 0.25) is 0 Å². The maximum absolute atomic E-state index is 15.5. The molecule has 0 fully saturated rings. The average molecular weight is 387 g/mol. The van der Waals surface area contributed by atoms with Crippen LogP contribution >= 0.6 is 0 Å². The van der Waals surface area contributed by atoms with Gasteiger partial charge in [0.05, 0.1) is 29.2 Å². The zero-order valence-corrected chi connectivity index (χ0v) is 16.0. The molecule has 0 unspecified atom stereocenters. The van der Waals surface area contributed by atoms with Crippen LogP contribution < -0.4 is 20.7 Å². The van der Waals surface area contributed by atoms with E-state index in [-0.39, 0.29) is 17.2 Å². The van der Waals surface area contributed by atoms with E-state index in [1.54, 1.807) is 14.0 Å². The summed E-state index contributed by atoms with van der Waals surface area (Å²) >= 11 is 0. The summed E-state index contributed by atoms with van der Waals surface area (Å²) in [5.41, 5.74) is 2.63. The fourth-order valence-electron chi connectivity index (χ4n) is 3.60. The van der Waals surface area contributed by atoms with Crippen LogP contribution in [0, 0.1) is 18.6 Å². The van der Waals surface area contributed by atoms with E-state index in [1.165, 1.54) is 6.07 Å². The van der Waals surface area contributed by atoms with E-state index in [2.05, 4.69) is 25.9 Å². The molecule has 0 saturated heterocycles. The molecule has 2 aliphatic rings. The average Bonchev–Trinajstić information content (AvgIpc) is 2.97. The van der Waals surface area contributed by atoms with Crippen molar-refractivity contribution in [3.63, 3.8) is 0 Å². The van der Waals surface area contributed by atoms with Gasteiger partial charge in [0.1, 0.15) is 5.82 Å². The second kappa shape index (κ2) is 7.71. The highest BCUT2D eigenvalue weighted by molar-refractivity contribution is 5.76. The second-order valence-electron chi connectivity index (χ2n) is 6.89. The minimum atomic E-state index is -0.469. The zero-order valence-electron chi connectivity index (χ0n) is 16.0. The van der Waals surface area contributed by atoms with Gasteiger partial charge in [0, 0.05) is 26.1 Å². The summed E-state index contributed by atoms with van der Waals surface area (Å²) in [5, 5.41) is 9.01. The molecule has 2 aromatic rings. The second-order valence-corrected chi connectivity index (χ2v) is 6.89.